The smallest absolute Gasteiger partial charge is 0.227 e. The number of halogens is 1. The first-order valence-corrected chi connectivity index (χ1v) is 12.5. The number of aromatic amines is 2. The number of fused-ring (bicyclic) bond motifs is 2. The number of amides is 1. The Kier molecular flexibility index (Phi) is 5.21. The Hall–Kier alpha value is -4.92. The van der Waals surface area contributed by atoms with Crippen LogP contribution in [-0.2, 0) is 4.79 Å². The van der Waals surface area contributed by atoms with Crippen LogP contribution < -0.4 is 5.32 Å². The van der Waals surface area contributed by atoms with Crippen LogP contribution in [0.25, 0.3) is 55.7 Å². The summed E-state index contributed by atoms with van der Waals surface area (Å²) in [4.78, 5) is 29.3. The molecule has 1 aliphatic rings. The van der Waals surface area contributed by atoms with Gasteiger partial charge in [-0.1, -0.05) is 18.6 Å². The molecule has 3 N–H and O–H groups in total. The van der Waals surface area contributed by atoms with Crippen LogP contribution in [-0.4, -0.2) is 36.0 Å². The Morgan fingerprint density at radius 1 is 0.947 bits per heavy atom. The molecule has 0 bridgehead atoms. The molecule has 0 aliphatic heterocycles. The van der Waals surface area contributed by atoms with E-state index in [0.29, 0.717) is 22.6 Å². The van der Waals surface area contributed by atoms with Gasteiger partial charge in [-0.2, -0.15) is 5.10 Å². The van der Waals surface area contributed by atoms with Gasteiger partial charge in [0.15, 0.2) is 0 Å². The highest BCUT2D eigenvalue weighted by atomic mass is 19.1. The van der Waals surface area contributed by atoms with Gasteiger partial charge in [-0.3, -0.25) is 19.9 Å². The van der Waals surface area contributed by atoms with Crippen LogP contribution in [0.1, 0.15) is 19.3 Å². The van der Waals surface area contributed by atoms with Crippen molar-refractivity contribution in [2.24, 2.45) is 5.92 Å². The summed E-state index contributed by atoms with van der Waals surface area (Å²) < 4.78 is 13.9. The van der Waals surface area contributed by atoms with Gasteiger partial charge >= 0.3 is 0 Å². The SMILES string of the molecule is O=C(Nc1cncc(-c2ccc3[nH]nc(-c4cc5c(-c6cccc(F)c6)cncc5[nH]4)c3n2)c1)C1CCC1. The summed E-state index contributed by atoms with van der Waals surface area (Å²) in [5.41, 5.74) is 7.45. The van der Waals surface area contributed by atoms with Crippen LogP contribution in [0.5, 0.6) is 0 Å². The van der Waals surface area contributed by atoms with Crippen molar-refractivity contribution in [3.8, 4) is 33.8 Å². The highest BCUT2D eigenvalue weighted by Gasteiger charge is 2.25. The first-order valence-electron chi connectivity index (χ1n) is 12.5. The summed E-state index contributed by atoms with van der Waals surface area (Å²) in [5.74, 6) is -0.164. The number of rotatable bonds is 5. The zero-order valence-electron chi connectivity index (χ0n) is 20.2. The molecule has 7 rings (SSSR count). The van der Waals surface area contributed by atoms with E-state index < -0.39 is 0 Å². The van der Waals surface area contributed by atoms with Gasteiger partial charge in [-0.05, 0) is 54.8 Å². The number of aromatic nitrogens is 6. The fraction of sp³-hybridized carbons (Fsp3) is 0.138. The van der Waals surface area contributed by atoms with Gasteiger partial charge in [0.2, 0.25) is 5.91 Å². The summed E-state index contributed by atoms with van der Waals surface area (Å²) in [7, 11) is 0. The Balaban J connectivity index is 1.26. The maximum Gasteiger partial charge on any atom is 0.227 e. The number of H-pyrrole nitrogens is 2. The Bertz CT molecular complexity index is 1840. The van der Waals surface area contributed by atoms with Gasteiger partial charge in [0, 0.05) is 34.8 Å². The summed E-state index contributed by atoms with van der Waals surface area (Å²) >= 11 is 0. The van der Waals surface area contributed by atoms with Crippen LogP contribution in [0, 0.1) is 11.7 Å². The average Bonchev–Trinajstić information content (AvgIpc) is 3.51. The number of carbonyl (C=O) groups excluding carboxylic acids is 1. The van der Waals surface area contributed by atoms with Crippen molar-refractivity contribution in [3.05, 3.63) is 79.1 Å². The first-order chi connectivity index (χ1) is 18.6. The number of pyridine rings is 3. The second kappa shape index (κ2) is 8.88. The maximum atomic E-state index is 13.9. The highest BCUT2D eigenvalue weighted by molar-refractivity contribution is 6.00. The number of anilines is 1. The topological polar surface area (TPSA) is 112 Å². The lowest BCUT2D eigenvalue weighted by molar-refractivity contribution is -0.122. The summed E-state index contributed by atoms with van der Waals surface area (Å²) in [6, 6.07) is 14.2. The largest absolute Gasteiger partial charge is 0.352 e. The molecule has 38 heavy (non-hydrogen) atoms. The van der Waals surface area contributed by atoms with Crippen LogP contribution in [0.15, 0.2) is 73.3 Å². The quantitative estimate of drug-likeness (QED) is 0.263. The van der Waals surface area contributed by atoms with E-state index in [1.54, 1.807) is 30.9 Å². The Morgan fingerprint density at radius 2 is 1.84 bits per heavy atom. The summed E-state index contributed by atoms with van der Waals surface area (Å²) in [5, 5.41) is 11.5. The summed E-state index contributed by atoms with van der Waals surface area (Å²) in [6.45, 7) is 0. The minimum absolute atomic E-state index is 0.0432. The van der Waals surface area contributed by atoms with Gasteiger partial charge in [-0.15, -0.1) is 0 Å². The third-order valence-corrected chi connectivity index (χ3v) is 7.12. The molecule has 6 aromatic rings. The van der Waals surface area contributed by atoms with E-state index in [4.69, 9.17) is 4.98 Å². The molecule has 0 saturated heterocycles. The monoisotopic (exact) mass is 503 g/mol. The molecule has 1 fully saturated rings. The van der Waals surface area contributed by atoms with Crippen molar-refractivity contribution in [2.75, 3.05) is 5.32 Å². The summed E-state index contributed by atoms with van der Waals surface area (Å²) in [6.07, 6.45) is 9.83. The Morgan fingerprint density at radius 3 is 2.68 bits per heavy atom. The molecule has 0 unspecified atom stereocenters. The molecule has 0 radical (unpaired) electrons. The fourth-order valence-electron chi connectivity index (χ4n) is 4.88. The minimum atomic E-state index is -0.300. The normalized spacial score (nSPS) is 13.6. The van der Waals surface area contributed by atoms with E-state index in [1.807, 2.05) is 30.3 Å². The maximum absolute atomic E-state index is 13.9. The molecule has 0 spiro atoms. The first kappa shape index (κ1) is 22.3. The lowest BCUT2D eigenvalue weighted by Gasteiger charge is -2.24. The van der Waals surface area contributed by atoms with Gasteiger partial charge < -0.3 is 10.3 Å². The molecule has 186 valence electrons. The molecule has 5 heterocycles. The predicted molar refractivity (Wildman–Crippen MR) is 144 cm³/mol. The number of carbonyl (C=O) groups is 1. The van der Waals surface area contributed by atoms with Crippen molar-refractivity contribution in [2.45, 2.75) is 19.3 Å². The lowest BCUT2D eigenvalue weighted by atomic mass is 9.85. The van der Waals surface area contributed by atoms with E-state index in [1.165, 1.54) is 12.1 Å². The van der Waals surface area contributed by atoms with Crippen molar-refractivity contribution < 1.29 is 9.18 Å². The van der Waals surface area contributed by atoms with Gasteiger partial charge in [-0.25, -0.2) is 9.37 Å². The predicted octanol–water partition coefficient (Wildman–Crippen LogP) is 6.11. The van der Waals surface area contributed by atoms with Crippen molar-refractivity contribution in [1.82, 2.24) is 30.1 Å². The highest BCUT2D eigenvalue weighted by Crippen LogP contribution is 2.34. The van der Waals surface area contributed by atoms with Crippen LogP contribution in [0.2, 0.25) is 0 Å². The van der Waals surface area contributed by atoms with Crippen molar-refractivity contribution in [1.29, 1.82) is 0 Å². The molecule has 1 aromatic carbocycles. The number of benzene rings is 1. The molecule has 1 saturated carbocycles. The standard InChI is InChI=1S/C29H22FN7O/c30-19-6-2-5-17(9-19)22-14-32-15-26-21(22)11-25(34-26)28-27-24(36-37-28)8-7-23(35-27)18-10-20(13-31-12-18)33-29(38)16-3-1-4-16/h2,5-16,34H,1,3-4H2,(H,33,38)(H,36,37). The molecule has 5 aromatic heterocycles. The molecule has 8 nitrogen and oxygen atoms in total. The zero-order chi connectivity index (χ0) is 25.6. The van der Waals surface area contributed by atoms with Crippen LogP contribution >= 0.6 is 0 Å². The second-order valence-corrected chi connectivity index (χ2v) is 9.59. The number of hydrogen-bond donors (Lipinski definition) is 3. The van der Waals surface area contributed by atoms with Crippen molar-refractivity contribution >= 4 is 33.5 Å². The number of nitrogens with one attached hydrogen (secondary N) is 3. The van der Waals surface area contributed by atoms with Gasteiger partial charge in [0.1, 0.15) is 17.0 Å². The zero-order valence-corrected chi connectivity index (χ0v) is 20.2. The molecule has 1 aliphatic carbocycles. The second-order valence-electron chi connectivity index (χ2n) is 9.59. The van der Waals surface area contributed by atoms with Crippen molar-refractivity contribution in [3.63, 3.8) is 0 Å². The Labute approximate surface area is 216 Å². The molecule has 9 heteroatoms. The third kappa shape index (κ3) is 3.88. The minimum Gasteiger partial charge on any atom is -0.352 e. The van der Waals surface area contributed by atoms with Gasteiger partial charge in [0.25, 0.3) is 0 Å². The molecule has 0 atom stereocenters. The van der Waals surface area contributed by atoms with E-state index >= 15 is 0 Å². The molecule has 1 amide bonds. The van der Waals surface area contributed by atoms with E-state index in [-0.39, 0.29) is 17.6 Å². The van der Waals surface area contributed by atoms with E-state index in [9.17, 15) is 9.18 Å². The van der Waals surface area contributed by atoms with Crippen LogP contribution in [0.4, 0.5) is 10.1 Å². The number of hydrogen-bond acceptors (Lipinski definition) is 5. The number of nitrogens with zero attached hydrogens (tertiary/aromatic N) is 4. The van der Waals surface area contributed by atoms with E-state index in [0.717, 1.165) is 58.1 Å². The molecular formula is C29H22FN7O. The van der Waals surface area contributed by atoms with E-state index in [2.05, 4.69) is 30.5 Å². The average molecular weight is 504 g/mol. The van der Waals surface area contributed by atoms with Crippen LogP contribution in [0.3, 0.4) is 0 Å². The lowest BCUT2D eigenvalue weighted by Crippen LogP contribution is -2.28. The van der Waals surface area contributed by atoms with Gasteiger partial charge in [0.05, 0.1) is 40.5 Å². The third-order valence-electron chi connectivity index (χ3n) is 7.12. The molecular weight excluding hydrogens is 481 g/mol. The fourth-order valence-corrected chi connectivity index (χ4v) is 4.88.